The first-order chi connectivity index (χ1) is 17.3. The maximum atomic E-state index is 12.7. The van der Waals surface area contributed by atoms with Gasteiger partial charge in [0.05, 0.1) is 19.8 Å². The Labute approximate surface area is 213 Å². The molecule has 1 aromatic rings. The van der Waals surface area contributed by atoms with Gasteiger partial charge >= 0.3 is 35.8 Å². The van der Waals surface area contributed by atoms with E-state index >= 15 is 0 Å². The SMILES string of the molecule is C=C(C(=O)OCC)C(=O)Oc1cc(OC(=O)C(=C)C(=O)OCC)cc(OC(=O)C(C)(C)C(=O)OCC)c1. The normalized spacial score (nSPS) is 10.4. The van der Waals surface area contributed by atoms with Crippen LogP contribution in [0.25, 0.3) is 0 Å². The minimum atomic E-state index is -1.73. The second kappa shape index (κ2) is 13.6. The van der Waals surface area contributed by atoms with Crippen LogP contribution in [0.5, 0.6) is 17.2 Å². The summed E-state index contributed by atoms with van der Waals surface area (Å²) in [6, 6.07) is 3.13. The van der Waals surface area contributed by atoms with Crippen LogP contribution in [-0.2, 0) is 43.0 Å². The van der Waals surface area contributed by atoms with Crippen LogP contribution in [0.4, 0.5) is 0 Å². The quantitative estimate of drug-likeness (QED) is 0.0989. The van der Waals surface area contributed by atoms with E-state index in [1.54, 1.807) is 6.92 Å². The molecule has 0 amide bonds. The largest absolute Gasteiger partial charge is 0.465 e. The monoisotopic (exact) mass is 520 g/mol. The summed E-state index contributed by atoms with van der Waals surface area (Å²) >= 11 is 0. The fourth-order valence-corrected chi connectivity index (χ4v) is 2.29. The van der Waals surface area contributed by atoms with Crippen LogP contribution in [0.15, 0.2) is 42.5 Å². The summed E-state index contributed by atoms with van der Waals surface area (Å²) in [5.41, 5.74) is -3.00. The Hall–Kier alpha value is -4.48. The van der Waals surface area contributed by atoms with Crippen molar-refractivity contribution in [2.75, 3.05) is 19.8 Å². The van der Waals surface area contributed by atoms with Gasteiger partial charge in [-0.25, -0.2) is 19.2 Å². The maximum Gasteiger partial charge on any atom is 0.350 e. The van der Waals surface area contributed by atoms with Crippen molar-refractivity contribution in [3.05, 3.63) is 42.5 Å². The second-order valence-electron chi connectivity index (χ2n) is 7.55. The molecule has 0 aliphatic rings. The molecule has 0 N–H and O–H groups in total. The van der Waals surface area contributed by atoms with E-state index in [4.69, 9.17) is 18.9 Å². The van der Waals surface area contributed by atoms with Gasteiger partial charge in [-0.1, -0.05) is 13.2 Å². The zero-order valence-electron chi connectivity index (χ0n) is 21.2. The summed E-state index contributed by atoms with van der Waals surface area (Å²) in [5, 5.41) is 0. The molecule has 0 saturated heterocycles. The lowest BCUT2D eigenvalue weighted by atomic mass is 9.94. The molecule has 0 aliphatic carbocycles. The lowest BCUT2D eigenvalue weighted by molar-refractivity contribution is -0.164. The molecule has 200 valence electrons. The van der Waals surface area contributed by atoms with Crippen molar-refractivity contribution in [1.29, 1.82) is 0 Å². The van der Waals surface area contributed by atoms with Gasteiger partial charge in [-0.05, 0) is 34.6 Å². The molecule has 0 radical (unpaired) electrons. The molecule has 0 heterocycles. The van der Waals surface area contributed by atoms with Crippen molar-refractivity contribution < 1.29 is 57.2 Å². The van der Waals surface area contributed by atoms with Gasteiger partial charge in [-0.3, -0.25) is 9.59 Å². The molecule has 0 bridgehead atoms. The van der Waals surface area contributed by atoms with Gasteiger partial charge in [-0.2, -0.15) is 0 Å². The zero-order chi connectivity index (χ0) is 28.3. The highest BCUT2D eigenvalue weighted by molar-refractivity contribution is 6.14. The number of esters is 6. The van der Waals surface area contributed by atoms with E-state index in [0.29, 0.717) is 0 Å². The Balaban J connectivity index is 3.32. The number of carbonyl (C=O) groups is 6. The molecule has 0 fully saturated rings. The van der Waals surface area contributed by atoms with Crippen molar-refractivity contribution in [3.8, 4) is 17.2 Å². The number of hydrogen-bond donors (Lipinski definition) is 0. The molecule has 12 heteroatoms. The van der Waals surface area contributed by atoms with Crippen molar-refractivity contribution >= 4 is 35.8 Å². The summed E-state index contributed by atoms with van der Waals surface area (Å²) in [6.07, 6.45) is 0. The highest BCUT2D eigenvalue weighted by Gasteiger charge is 2.40. The number of rotatable bonds is 12. The molecular formula is C25H28O12. The molecule has 1 aromatic carbocycles. The van der Waals surface area contributed by atoms with Crippen LogP contribution in [0.3, 0.4) is 0 Å². The van der Waals surface area contributed by atoms with E-state index in [1.165, 1.54) is 27.7 Å². The van der Waals surface area contributed by atoms with Gasteiger partial charge in [0.2, 0.25) is 0 Å². The minimum Gasteiger partial charge on any atom is -0.465 e. The number of benzene rings is 1. The Bertz CT molecular complexity index is 1050. The fraction of sp³-hybridized carbons (Fsp3) is 0.360. The summed E-state index contributed by atoms with van der Waals surface area (Å²) in [5.74, 6) is -7.38. The fourth-order valence-electron chi connectivity index (χ4n) is 2.29. The van der Waals surface area contributed by atoms with Gasteiger partial charge in [0, 0.05) is 18.2 Å². The van der Waals surface area contributed by atoms with Crippen LogP contribution in [0.1, 0.15) is 34.6 Å². The Morgan fingerprint density at radius 3 is 1.30 bits per heavy atom. The van der Waals surface area contributed by atoms with Crippen LogP contribution in [0, 0.1) is 5.41 Å². The van der Waals surface area contributed by atoms with Gasteiger partial charge in [0.15, 0.2) is 5.41 Å². The second-order valence-corrected chi connectivity index (χ2v) is 7.55. The van der Waals surface area contributed by atoms with Crippen LogP contribution < -0.4 is 14.2 Å². The average Bonchev–Trinajstić information content (AvgIpc) is 2.83. The highest BCUT2D eigenvalue weighted by atomic mass is 16.6. The summed E-state index contributed by atoms with van der Waals surface area (Å²) in [4.78, 5) is 72.9. The molecule has 12 nitrogen and oxygen atoms in total. The Morgan fingerprint density at radius 2 is 0.946 bits per heavy atom. The van der Waals surface area contributed by atoms with E-state index in [1.807, 2.05) is 0 Å². The molecule has 0 saturated carbocycles. The van der Waals surface area contributed by atoms with Crippen LogP contribution >= 0.6 is 0 Å². The minimum absolute atomic E-state index is 0.0166. The molecule has 37 heavy (non-hydrogen) atoms. The van der Waals surface area contributed by atoms with Gasteiger partial charge in [0.25, 0.3) is 0 Å². The molecule has 0 aliphatic heterocycles. The van der Waals surface area contributed by atoms with E-state index in [-0.39, 0.29) is 37.1 Å². The first kappa shape index (κ1) is 30.6. The molecule has 0 aromatic heterocycles. The average molecular weight is 520 g/mol. The maximum absolute atomic E-state index is 12.7. The predicted molar refractivity (Wildman–Crippen MR) is 125 cm³/mol. The first-order valence-corrected chi connectivity index (χ1v) is 11.0. The molecule has 1 rings (SSSR count). The van der Waals surface area contributed by atoms with Gasteiger partial charge in [0.1, 0.15) is 28.4 Å². The molecule has 0 unspecified atom stereocenters. The van der Waals surface area contributed by atoms with Crippen molar-refractivity contribution in [1.82, 2.24) is 0 Å². The lowest BCUT2D eigenvalue weighted by Gasteiger charge is -2.20. The lowest BCUT2D eigenvalue weighted by Crippen LogP contribution is -2.38. The Morgan fingerprint density at radius 1 is 0.595 bits per heavy atom. The van der Waals surface area contributed by atoms with E-state index in [9.17, 15) is 28.8 Å². The summed E-state index contributed by atoms with van der Waals surface area (Å²) < 4.78 is 29.6. The number of carbonyl (C=O) groups excluding carboxylic acids is 6. The topological polar surface area (TPSA) is 158 Å². The van der Waals surface area contributed by atoms with Crippen molar-refractivity contribution in [2.24, 2.45) is 5.41 Å². The summed E-state index contributed by atoms with van der Waals surface area (Å²) in [6.45, 7) is 13.8. The van der Waals surface area contributed by atoms with Gasteiger partial charge in [-0.15, -0.1) is 0 Å². The summed E-state index contributed by atoms with van der Waals surface area (Å²) in [7, 11) is 0. The van der Waals surface area contributed by atoms with E-state index < -0.39 is 52.4 Å². The van der Waals surface area contributed by atoms with Crippen molar-refractivity contribution in [2.45, 2.75) is 34.6 Å². The molecule has 0 spiro atoms. The molecular weight excluding hydrogens is 492 g/mol. The van der Waals surface area contributed by atoms with Crippen LogP contribution in [-0.4, -0.2) is 55.6 Å². The Kier molecular flexibility index (Phi) is 11.2. The standard InChI is InChI=1S/C25H28O12/c1-8-32-19(26)14(4)21(28)35-16-11-17(36-22(29)15(5)20(27)33-9-2)13-18(12-16)37-24(31)25(6,7)23(30)34-10-3/h11-13H,4-5,8-10H2,1-3,6-7H3. The number of ether oxygens (including phenoxy) is 6. The zero-order valence-corrected chi connectivity index (χ0v) is 21.2. The molecule has 0 atom stereocenters. The third kappa shape index (κ3) is 8.60. The van der Waals surface area contributed by atoms with Crippen molar-refractivity contribution in [3.63, 3.8) is 0 Å². The third-order valence-electron chi connectivity index (χ3n) is 4.32. The highest BCUT2D eigenvalue weighted by Crippen LogP contribution is 2.31. The van der Waals surface area contributed by atoms with Crippen LogP contribution in [0.2, 0.25) is 0 Å². The smallest absolute Gasteiger partial charge is 0.350 e. The van der Waals surface area contributed by atoms with E-state index in [2.05, 4.69) is 22.6 Å². The third-order valence-corrected chi connectivity index (χ3v) is 4.32. The van der Waals surface area contributed by atoms with Gasteiger partial charge < -0.3 is 28.4 Å². The predicted octanol–water partition coefficient (Wildman–Crippen LogP) is 2.23. The van der Waals surface area contributed by atoms with E-state index in [0.717, 1.165) is 18.2 Å². The first-order valence-electron chi connectivity index (χ1n) is 11.0. The number of hydrogen-bond acceptors (Lipinski definition) is 12.